The van der Waals surface area contributed by atoms with Crippen LogP contribution in [0.4, 0.5) is 5.69 Å². The van der Waals surface area contributed by atoms with Crippen LogP contribution in [0.5, 0.6) is 5.75 Å². The first-order chi connectivity index (χ1) is 18.6. The summed E-state index contributed by atoms with van der Waals surface area (Å²) in [6, 6.07) is 33.0. The molecule has 0 amide bonds. The van der Waals surface area contributed by atoms with Gasteiger partial charge >= 0.3 is 0 Å². The van der Waals surface area contributed by atoms with Gasteiger partial charge in [0.2, 0.25) is 0 Å². The van der Waals surface area contributed by atoms with Crippen LogP contribution in [-0.4, -0.2) is 31.2 Å². The van der Waals surface area contributed by atoms with Gasteiger partial charge in [-0.2, -0.15) is 0 Å². The van der Waals surface area contributed by atoms with Gasteiger partial charge in [-0.05, 0) is 35.4 Å². The maximum Gasteiger partial charge on any atom is 0.269 e. The van der Waals surface area contributed by atoms with Crippen LogP contribution in [-0.2, 0) is 6.61 Å². The van der Waals surface area contributed by atoms with E-state index >= 15 is 0 Å². The first-order valence-electron chi connectivity index (χ1n) is 11.8. The lowest BCUT2D eigenvalue weighted by atomic mass is 10.1. The SMILES string of the molecule is O=C(CSc1nnc(COc2ccc(-c3ccccc3)cc2)n1-c1ccc([N+](=O)[O-])cc1)c1ccccc1. The predicted molar refractivity (Wildman–Crippen MR) is 146 cm³/mol. The number of benzene rings is 4. The third-order valence-electron chi connectivity index (χ3n) is 5.78. The normalized spacial score (nSPS) is 10.7. The lowest BCUT2D eigenvalue weighted by Crippen LogP contribution is -2.08. The summed E-state index contributed by atoms with van der Waals surface area (Å²) >= 11 is 1.25. The first-order valence-corrected chi connectivity index (χ1v) is 12.8. The van der Waals surface area contributed by atoms with Crippen molar-refractivity contribution in [2.24, 2.45) is 0 Å². The van der Waals surface area contributed by atoms with Gasteiger partial charge in [-0.25, -0.2) is 0 Å². The smallest absolute Gasteiger partial charge is 0.269 e. The number of nitrogens with zero attached hydrogens (tertiary/aromatic N) is 4. The second-order valence-electron chi connectivity index (χ2n) is 8.26. The molecule has 0 saturated heterocycles. The third kappa shape index (κ3) is 5.79. The van der Waals surface area contributed by atoms with Crippen molar-refractivity contribution in [3.8, 4) is 22.6 Å². The second-order valence-corrected chi connectivity index (χ2v) is 9.21. The van der Waals surface area contributed by atoms with Crippen LogP contribution in [0.1, 0.15) is 16.2 Å². The zero-order chi connectivity index (χ0) is 26.3. The fourth-order valence-corrected chi connectivity index (χ4v) is 4.69. The number of Topliss-reactive ketones (excluding diaryl/α,β-unsaturated/α-hetero) is 1. The summed E-state index contributed by atoms with van der Waals surface area (Å²) in [6.45, 7) is 0.113. The number of carbonyl (C=O) groups excluding carboxylic acids is 1. The summed E-state index contributed by atoms with van der Waals surface area (Å²) in [7, 11) is 0. The average molecular weight is 523 g/mol. The zero-order valence-corrected chi connectivity index (χ0v) is 21.0. The molecule has 9 heteroatoms. The molecule has 0 aliphatic heterocycles. The summed E-state index contributed by atoms with van der Waals surface area (Å²) in [6.07, 6.45) is 0. The number of non-ortho nitro benzene ring substituents is 1. The Morgan fingerprint density at radius 1 is 0.816 bits per heavy atom. The van der Waals surface area contributed by atoms with Gasteiger partial charge in [0.15, 0.2) is 16.8 Å². The molecular weight excluding hydrogens is 500 g/mol. The zero-order valence-electron chi connectivity index (χ0n) is 20.1. The molecule has 0 saturated carbocycles. The van der Waals surface area contributed by atoms with E-state index in [-0.39, 0.29) is 23.8 Å². The van der Waals surface area contributed by atoms with Gasteiger partial charge in [-0.1, -0.05) is 84.6 Å². The molecule has 0 fully saturated rings. The molecule has 1 heterocycles. The Balaban J connectivity index is 1.36. The van der Waals surface area contributed by atoms with Crippen LogP contribution in [0.25, 0.3) is 16.8 Å². The highest BCUT2D eigenvalue weighted by Crippen LogP contribution is 2.26. The Morgan fingerprint density at radius 3 is 2.11 bits per heavy atom. The maximum atomic E-state index is 12.7. The molecule has 0 aliphatic carbocycles. The number of hydrogen-bond acceptors (Lipinski definition) is 7. The highest BCUT2D eigenvalue weighted by Gasteiger charge is 2.18. The van der Waals surface area contributed by atoms with E-state index in [9.17, 15) is 14.9 Å². The van der Waals surface area contributed by atoms with E-state index in [1.165, 1.54) is 23.9 Å². The molecule has 0 N–H and O–H groups in total. The average Bonchev–Trinajstić information content (AvgIpc) is 3.38. The van der Waals surface area contributed by atoms with Crippen molar-refractivity contribution >= 4 is 23.2 Å². The Hall–Kier alpha value is -4.76. The third-order valence-corrected chi connectivity index (χ3v) is 6.71. The molecule has 0 spiro atoms. The van der Waals surface area contributed by atoms with Crippen LogP contribution >= 0.6 is 11.8 Å². The minimum atomic E-state index is -0.451. The monoisotopic (exact) mass is 522 g/mol. The van der Waals surface area contributed by atoms with Crippen molar-refractivity contribution in [1.82, 2.24) is 14.8 Å². The highest BCUT2D eigenvalue weighted by atomic mass is 32.2. The summed E-state index contributed by atoms with van der Waals surface area (Å²) in [4.78, 5) is 23.3. The van der Waals surface area contributed by atoms with Gasteiger partial charge in [0.25, 0.3) is 5.69 Å². The Labute approximate surface area is 223 Å². The minimum Gasteiger partial charge on any atom is -0.486 e. The maximum absolute atomic E-state index is 12.7. The molecular formula is C29H22N4O4S. The number of ether oxygens (including phenoxy) is 1. The molecule has 0 aliphatic rings. The summed E-state index contributed by atoms with van der Waals surface area (Å²) in [5.41, 5.74) is 3.42. The lowest BCUT2D eigenvalue weighted by molar-refractivity contribution is -0.384. The first kappa shape index (κ1) is 24.9. The summed E-state index contributed by atoms with van der Waals surface area (Å²) in [5.74, 6) is 1.29. The van der Waals surface area contributed by atoms with Crippen molar-refractivity contribution in [1.29, 1.82) is 0 Å². The quantitative estimate of drug-likeness (QED) is 0.0906. The number of thioether (sulfide) groups is 1. The van der Waals surface area contributed by atoms with Crippen LogP contribution < -0.4 is 4.74 Å². The molecule has 0 bridgehead atoms. The van der Waals surface area contributed by atoms with Crippen LogP contribution in [0.3, 0.4) is 0 Å². The van der Waals surface area contributed by atoms with Crippen molar-refractivity contribution in [3.05, 3.63) is 131 Å². The molecule has 0 radical (unpaired) electrons. The topological polar surface area (TPSA) is 100 Å². The van der Waals surface area contributed by atoms with E-state index in [0.29, 0.717) is 28.0 Å². The van der Waals surface area contributed by atoms with E-state index in [4.69, 9.17) is 4.74 Å². The fraction of sp³-hybridized carbons (Fsp3) is 0.0690. The number of nitro benzene ring substituents is 1. The summed E-state index contributed by atoms with van der Waals surface area (Å²) < 4.78 is 7.76. The Kier molecular flexibility index (Phi) is 7.56. The second kappa shape index (κ2) is 11.5. The number of ketones is 1. The number of aromatic nitrogens is 3. The van der Waals surface area contributed by atoms with Crippen LogP contribution in [0.2, 0.25) is 0 Å². The molecule has 8 nitrogen and oxygen atoms in total. The van der Waals surface area contributed by atoms with Crippen molar-refractivity contribution in [3.63, 3.8) is 0 Å². The Morgan fingerprint density at radius 2 is 1.45 bits per heavy atom. The van der Waals surface area contributed by atoms with Crippen molar-refractivity contribution in [2.75, 3.05) is 5.75 Å². The molecule has 38 heavy (non-hydrogen) atoms. The number of hydrogen-bond donors (Lipinski definition) is 0. The van der Waals surface area contributed by atoms with E-state index in [1.54, 1.807) is 28.8 Å². The number of rotatable bonds is 10. The van der Waals surface area contributed by atoms with Gasteiger partial charge in [0.1, 0.15) is 12.4 Å². The molecule has 4 aromatic carbocycles. The molecule has 188 valence electrons. The molecule has 5 rings (SSSR count). The minimum absolute atomic E-state index is 0.0217. The van der Waals surface area contributed by atoms with Crippen LogP contribution in [0.15, 0.2) is 114 Å². The van der Waals surface area contributed by atoms with Crippen molar-refractivity contribution < 1.29 is 14.5 Å². The highest BCUT2D eigenvalue weighted by molar-refractivity contribution is 7.99. The largest absolute Gasteiger partial charge is 0.486 e. The molecule has 5 aromatic rings. The van der Waals surface area contributed by atoms with Crippen molar-refractivity contribution in [2.45, 2.75) is 11.8 Å². The van der Waals surface area contributed by atoms with E-state index in [0.717, 1.165) is 11.1 Å². The van der Waals surface area contributed by atoms with Gasteiger partial charge in [-0.15, -0.1) is 10.2 Å². The van der Waals surface area contributed by atoms with Gasteiger partial charge in [0, 0.05) is 17.7 Å². The number of nitro groups is 1. The Bertz CT molecular complexity index is 1540. The van der Waals surface area contributed by atoms with E-state index in [1.807, 2.05) is 72.8 Å². The van der Waals surface area contributed by atoms with Gasteiger partial charge < -0.3 is 4.74 Å². The standard InChI is InChI=1S/C29H22N4O4S/c34-27(23-9-5-2-6-10-23)20-38-29-31-30-28(32(29)24-13-15-25(16-14-24)33(35)36)19-37-26-17-11-22(12-18-26)21-7-3-1-4-8-21/h1-18H,19-20H2. The van der Waals surface area contributed by atoms with Crippen LogP contribution in [0, 0.1) is 10.1 Å². The molecule has 0 unspecified atom stereocenters. The molecule has 0 atom stereocenters. The van der Waals surface area contributed by atoms with Gasteiger partial charge in [0.05, 0.1) is 16.4 Å². The lowest BCUT2D eigenvalue weighted by Gasteiger charge is -2.11. The number of carbonyl (C=O) groups is 1. The van der Waals surface area contributed by atoms with E-state index < -0.39 is 4.92 Å². The summed E-state index contributed by atoms with van der Waals surface area (Å²) in [5, 5.41) is 20.2. The predicted octanol–water partition coefficient (Wildman–Crippen LogP) is 6.40. The molecule has 1 aromatic heterocycles. The van der Waals surface area contributed by atoms with Gasteiger partial charge in [-0.3, -0.25) is 19.5 Å². The van der Waals surface area contributed by atoms with E-state index in [2.05, 4.69) is 10.2 Å². The fourth-order valence-electron chi connectivity index (χ4n) is 3.83.